The Morgan fingerprint density at radius 3 is 2.70 bits per heavy atom. The number of nitrogens with two attached hydrogens (primary N) is 1. The van der Waals surface area contributed by atoms with E-state index in [0.29, 0.717) is 23.8 Å². The fourth-order valence-corrected chi connectivity index (χ4v) is 2.32. The fraction of sp³-hybridized carbons (Fsp3) is 0.375. The van der Waals surface area contributed by atoms with Crippen molar-refractivity contribution in [3.63, 3.8) is 0 Å². The van der Waals surface area contributed by atoms with Gasteiger partial charge in [0, 0.05) is 30.2 Å². The van der Waals surface area contributed by atoms with Crippen LogP contribution in [0.25, 0.3) is 11.3 Å². The minimum absolute atomic E-state index is 0. The predicted octanol–water partition coefficient (Wildman–Crippen LogP) is 3.47. The van der Waals surface area contributed by atoms with Crippen LogP contribution < -0.4 is 5.73 Å². The monoisotopic (exact) mass is 357 g/mol. The van der Waals surface area contributed by atoms with E-state index in [4.69, 9.17) is 21.9 Å². The summed E-state index contributed by atoms with van der Waals surface area (Å²) >= 11 is 5.96. The third-order valence-corrected chi connectivity index (χ3v) is 3.64. The van der Waals surface area contributed by atoms with Crippen LogP contribution in [0, 0.1) is 5.41 Å². The van der Waals surface area contributed by atoms with E-state index >= 15 is 0 Å². The summed E-state index contributed by atoms with van der Waals surface area (Å²) in [7, 11) is 1.72. The minimum Gasteiger partial charge on any atom is -0.350 e. The third-order valence-electron chi connectivity index (χ3n) is 3.41. The molecule has 0 fully saturated rings. The lowest BCUT2D eigenvalue weighted by Crippen LogP contribution is -2.39. The molecule has 1 heterocycles. The van der Waals surface area contributed by atoms with Gasteiger partial charge in [-0.3, -0.25) is 4.79 Å². The summed E-state index contributed by atoms with van der Waals surface area (Å²) in [5.74, 6) is -0.0207. The summed E-state index contributed by atoms with van der Waals surface area (Å²) in [6.07, 6.45) is 0. The van der Waals surface area contributed by atoms with Gasteiger partial charge in [-0.05, 0) is 24.1 Å². The van der Waals surface area contributed by atoms with E-state index in [1.165, 1.54) is 0 Å². The number of benzene rings is 1. The van der Waals surface area contributed by atoms with E-state index in [-0.39, 0.29) is 29.5 Å². The van der Waals surface area contributed by atoms with Crippen LogP contribution in [0.4, 0.5) is 0 Å². The van der Waals surface area contributed by atoms with Crippen molar-refractivity contribution in [2.24, 2.45) is 11.1 Å². The maximum atomic E-state index is 12.4. The molecule has 0 saturated carbocycles. The van der Waals surface area contributed by atoms with Gasteiger partial charge in [-0.2, -0.15) is 0 Å². The second-order valence-electron chi connectivity index (χ2n) is 6.12. The van der Waals surface area contributed by atoms with Crippen molar-refractivity contribution in [2.45, 2.75) is 13.8 Å². The van der Waals surface area contributed by atoms with Crippen LogP contribution >= 0.6 is 24.0 Å². The number of rotatable bonds is 5. The third kappa shape index (κ3) is 4.96. The Bertz CT molecular complexity index is 671. The number of hydrogen-bond acceptors (Lipinski definition) is 4. The Kier molecular flexibility index (Phi) is 6.62. The Hall–Kier alpha value is -1.56. The molecule has 0 atom stereocenters. The zero-order chi connectivity index (χ0) is 16.3. The number of hydrogen-bond donors (Lipinski definition) is 1. The molecule has 0 aliphatic rings. The van der Waals surface area contributed by atoms with Crippen molar-refractivity contribution in [2.75, 3.05) is 20.1 Å². The van der Waals surface area contributed by atoms with Crippen molar-refractivity contribution >= 4 is 29.9 Å². The smallest absolute Gasteiger partial charge is 0.292 e. The maximum Gasteiger partial charge on any atom is 0.292 e. The Balaban J connectivity index is 0.00000264. The number of halogens is 2. The second-order valence-corrected chi connectivity index (χ2v) is 6.55. The first-order chi connectivity index (χ1) is 10.3. The lowest BCUT2D eigenvalue weighted by molar-refractivity contribution is 0.0699. The molecule has 0 aliphatic carbocycles. The second kappa shape index (κ2) is 7.81. The summed E-state index contributed by atoms with van der Waals surface area (Å²) < 4.78 is 5.17. The van der Waals surface area contributed by atoms with Gasteiger partial charge >= 0.3 is 0 Å². The van der Waals surface area contributed by atoms with E-state index in [9.17, 15) is 4.79 Å². The molecule has 0 spiro atoms. The van der Waals surface area contributed by atoms with Gasteiger partial charge in [-0.15, -0.1) is 12.4 Å². The topological polar surface area (TPSA) is 72.4 Å². The van der Waals surface area contributed by atoms with Crippen molar-refractivity contribution in [3.05, 3.63) is 41.1 Å². The minimum atomic E-state index is -0.220. The average molecular weight is 358 g/mol. The first kappa shape index (κ1) is 19.5. The largest absolute Gasteiger partial charge is 0.350 e. The van der Waals surface area contributed by atoms with E-state index in [2.05, 4.69) is 5.16 Å². The summed E-state index contributed by atoms with van der Waals surface area (Å²) in [5.41, 5.74) is 6.94. The van der Waals surface area contributed by atoms with Gasteiger partial charge < -0.3 is 15.2 Å². The molecule has 5 nitrogen and oxygen atoms in total. The van der Waals surface area contributed by atoms with E-state index < -0.39 is 0 Å². The molecule has 1 aromatic heterocycles. The quantitative estimate of drug-likeness (QED) is 0.888. The molecule has 2 N–H and O–H groups in total. The summed E-state index contributed by atoms with van der Waals surface area (Å²) in [5, 5.41) is 4.55. The van der Waals surface area contributed by atoms with Crippen molar-refractivity contribution in [1.29, 1.82) is 0 Å². The molecule has 1 amide bonds. The number of aromatic nitrogens is 1. The first-order valence-corrected chi connectivity index (χ1v) is 7.38. The fourth-order valence-electron chi connectivity index (χ4n) is 2.13. The Labute approximate surface area is 147 Å². The van der Waals surface area contributed by atoms with Gasteiger partial charge in [0.2, 0.25) is 5.76 Å². The summed E-state index contributed by atoms with van der Waals surface area (Å²) in [4.78, 5) is 14.0. The van der Waals surface area contributed by atoms with Crippen LogP contribution in [0.2, 0.25) is 5.02 Å². The normalized spacial score (nSPS) is 11.0. The average Bonchev–Trinajstić information content (AvgIpc) is 2.95. The van der Waals surface area contributed by atoms with Gasteiger partial charge in [0.1, 0.15) is 5.69 Å². The van der Waals surface area contributed by atoms with Crippen molar-refractivity contribution in [1.82, 2.24) is 10.1 Å². The molecule has 0 aliphatic heterocycles. The van der Waals surface area contributed by atoms with Crippen LogP contribution in [0.5, 0.6) is 0 Å². The molecule has 0 saturated heterocycles. The molecular weight excluding hydrogens is 337 g/mol. The molecule has 1 aromatic carbocycles. The SMILES string of the molecule is CN(CC(C)(C)CN)C(=O)c1cc(-c2cccc(Cl)c2)no1.Cl. The summed E-state index contributed by atoms with van der Waals surface area (Å²) in [6, 6.07) is 8.86. The lowest BCUT2D eigenvalue weighted by atomic mass is 9.93. The van der Waals surface area contributed by atoms with Crippen LogP contribution in [-0.4, -0.2) is 36.1 Å². The molecular formula is C16H21Cl2N3O2. The van der Waals surface area contributed by atoms with Crippen LogP contribution in [0.3, 0.4) is 0 Å². The predicted molar refractivity (Wildman–Crippen MR) is 94.0 cm³/mol. The Morgan fingerprint density at radius 2 is 2.09 bits per heavy atom. The van der Waals surface area contributed by atoms with Gasteiger partial charge in [0.05, 0.1) is 0 Å². The maximum absolute atomic E-state index is 12.4. The number of amides is 1. The highest BCUT2D eigenvalue weighted by atomic mass is 35.5. The van der Waals surface area contributed by atoms with Crippen LogP contribution in [-0.2, 0) is 0 Å². The van der Waals surface area contributed by atoms with Gasteiger partial charge in [0.15, 0.2) is 0 Å². The van der Waals surface area contributed by atoms with Crippen LogP contribution in [0.15, 0.2) is 34.9 Å². The highest BCUT2D eigenvalue weighted by molar-refractivity contribution is 6.30. The number of nitrogens with zero attached hydrogens (tertiary/aromatic N) is 2. The molecule has 23 heavy (non-hydrogen) atoms. The molecule has 2 rings (SSSR count). The zero-order valence-electron chi connectivity index (χ0n) is 13.4. The van der Waals surface area contributed by atoms with Crippen molar-refractivity contribution in [3.8, 4) is 11.3 Å². The van der Waals surface area contributed by atoms with E-state index in [1.807, 2.05) is 26.0 Å². The summed E-state index contributed by atoms with van der Waals surface area (Å²) in [6.45, 7) is 5.05. The standard InChI is InChI=1S/C16H20ClN3O2.ClH/c1-16(2,9-18)10-20(3)15(21)14-8-13(19-22-14)11-5-4-6-12(17)7-11;/h4-8H,9-10,18H2,1-3H3;1H. The molecule has 0 radical (unpaired) electrons. The first-order valence-electron chi connectivity index (χ1n) is 7.00. The number of carbonyl (C=O) groups excluding carboxylic acids is 1. The molecule has 126 valence electrons. The molecule has 0 unspecified atom stereocenters. The van der Waals surface area contributed by atoms with Gasteiger partial charge in [-0.1, -0.05) is 42.7 Å². The zero-order valence-corrected chi connectivity index (χ0v) is 14.9. The van der Waals surface area contributed by atoms with Crippen LogP contribution in [0.1, 0.15) is 24.4 Å². The highest BCUT2D eigenvalue weighted by Gasteiger charge is 2.24. The lowest BCUT2D eigenvalue weighted by Gasteiger charge is -2.28. The van der Waals surface area contributed by atoms with Gasteiger partial charge in [-0.25, -0.2) is 0 Å². The number of carbonyl (C=O) groups is 1. The molecule has 0 bridgehead atoms. The van der Waals surface area contributed by atoms with E-state index in [1.54, 1.807) is 30.1 Å². The molecule has 7 heteroatoms. The van der Waals surface area contributed by atoms with Crippen molar-refractivity contribution < 1.29 is 9.32 Å². The highest BCUT2D eigenvalue weighted by Crippen LogP contribution is 2.23. The Morgan fingerprint density at radius 1 is 1.39 bits per heavy atom. The van der Waals surface area contributed by atoms with Gasteiger partial charge in [0.25, 0.3) is 5.91 Å². The van der Waals surface area contributed by atoms with E-state index in [0.717, 1.165) is 5.56 Å². The molecule has 2 aromatic rings.